The van der Waals surface area contributed by atoms with Gasteiger partial charge < -0.3 is 5.32 Å². The molecule has 1 aliphatic heterocycles. The first kappa shape index (κ1) is 11.4. The minimum atomic E-state index is 0.699. The first-order chi connectivity index (χ1) is 7.29. The molecule has 1 atom stereocenters. The number of nitrogens with zero attached hydrogens (tertiary/aromatic N) is 1. The smallest absolute Gasteiger partial charge is 0.0218 e. The van der Waals surface area contributed by atoms with E-state index in [1.807, 2.05) is 0 Å². The van der Waals surface area contributed by atoms with Crippen LogP contribution in [0.15, 0.2) is 0 Å². The quantitative estimate of drug-likeness (QED) is 0.765. The Bertz CT molecular complexity index is 193. The van der Waals surface area contributed by atoms with Crippen LogP contribution in [-0.2, 0) is 0 Å². The molecule has 1 heterocycles. The summed E-state index contributed by atoms with van der Waals surface area (Å²) < 4.78 is 0. The van der Waals surface area contributed by atoms with Gasteiger partial charge in [-0.1, -0.05) is 20.3 Å². The van der Waals surface area contributed by atoms with E-state index in [4.69, 9.17) is 0 Å². The Morgan fingerprint density at radius 3 is 2.67 bits per heavy atom. The molecule has 0 aromatic heterocycles. The van der Waals surface area contributed by atoms with Crippen LogP contribution in [0.4, 0.5) is 0 Å². The Balaban J connectivity index is 1.90. The monoisotopic (exact) mass is 210 g/mol. The summed E-state index contributed by atoms with van der Waals surface area (Å²) in [4.78, 5) is 2.75. The van der Waals surface area contributed by atoms with Gasteiger partial charge in [0.1, 0.15) is 0 Å². The SMILES string of the molecule is CCC1CNCCN1CC1(CC)CCC1. The number of hydrogen-bond acceptors (Lipinski definition) is 2. The molecule has 0 amide bonds. The fourth-order valence-electron chi connectivity index (χ4n) is 3.14. The average Bonchev–Trinajstić information content (AvgIpc) is 2.24. The van der Waals surface area contributed by atoms with Gasteiger partial charge in [-0.3, -0.25) is 4.90 Å². The summed E-state index contributed by atoms with van der Waals surface area (Å²) >= 11 is 0. The highest BCUT2D eigenvalue weighted by molar-refractivity contribution is 4.92. The van der Waals surface area contributed by atoms with Crippen LogP contribution < -0.4 is 5.32 Å². The fraction of sp³-hybridized carbons (Fsp3) is 1.00. The molecular weight excluding hydrogens is 184 g/mol. The van der Waals surface area contributed by atoms with Gasteiger partial charge in [0, 0.05) is 32.2 Å². The summed E-state index contributed by atoms with van der Waals surface area (Å²) in [5.41, 5.74) is 0.699. The first-order valence-electron chi connectivity index (χ1n) is 6.74. The molecule has 2 rings (SSSR count). The molecule has 1 saturated carbocycles. The van der Waals surface area contributed by atoms with Crippen molar-refractivity contribution in [3.05, 3.63) is 0 Å². The van der Waals surface area contributed by atoms with Crippen molar-refractivity contribution in [3.63, 3.8) is 0 Å². The van der Waals surface area contributed by atoms with E-state index in [9.17, 15) is 0 Å². The molecule has 1 saturated heterocycles. The van der Waals surface area contributed by atoms with E-state index in [0.717, 1.165) is 6.04 Å². The maximum absolute atomic E-state index is 3.51. The molecule has 2 fully saturated rings. The highest BCUT2D eigenvalue weighted by Gasteiger charge is 2.38. The summed E-state index contributed by atoms with van der Waals surface area (Å²) in [5, 5.41) is 3.51. The third-order valence-electron chi connectivity index (χ3n) is 4.65. The van der Waals surface area contributed by atoms with E-state index in [1.54, 1.807) is 0 Å². The third kappa shape index (κ3) is 2.36. The van der Waals surface area contributed by atoms with Gasteiger partial charge in [0.15, 0.2) is 0 Å². The Hall–Kier alpha value is -0.0800. The molecule has 1 unspecified atom stereocenters. The van der Waals surface area contributed by atoms with Gasteiger partial charge in [0.05, 0.1) is 0 Å². The lowest BCUT2D eigenvalue weighted by molar-refractivity contribution is 0.0302. The topological polar surface area (TPSA) is 15.3 Å². The molecular formula is C13H26N2. The van der Waals surface area contributed by atoms with Gasteiger partial charge in [-0.05, 0) is 31.1 Å². The lowest BCUT2D eigenvalue weighted by atomic mass is 9.66. The van der Waals surface area contributed by atoms with Crippen molar-refractivity contribution in [2.45, 2.75) is 52.0 Å². The van der Waals surface area contributed by atoms with E-state index in [0.29, 0.717) is 5.41 Å². The zero-order chi connectivity index (χ0) is 10.7. The third-order valence-corrected chi connectivity index (χ3v) is 4.65. The Labute approximate surface area is 94.4 Å². The van der Waals surface area contributed by atoms with Crippen molar-refractivity contribution in [3.8, 4) is 0 Å². The number of nitrogens with one attached hydrogen (secondary N) is 1. The van der Waals surface area contributed by atoms with Crippen LogP contribution in [0.1, 0.15) is 46.0 Å². The first-order valence-corrected chi connectivity index (χ1v) is 6.74. The van der Waals surface area contributed by atoms with Crippen LogP contribution in [0.25, 0.3) is 0 Å². The molecule has 1 N–H and O–H groups in total. The Morgan fingerprint density at radius 2 is 2.13 bits per heavy atom. The van der Waals surface area contributed by atoms with Gasteiger partial charge in [0.2, 0.25) is 0 Å². The Morgan fingerprint density at radius 1 is 1.33 bits per heavy atom. The average molecular weight is 210 g/mol. The largest absolute Gasteiger partial charge is 0.314 e. The van der Waals surface area contributed by atoms with Crippen LogP contribution in [0.5, 0.6) is 0 Å². The maximum atomic E-state index is 3.51. The summed E-state index contributed by atoms with van der Waals surface area (Å²) in [6.45, 7) is 9.73. The van der Waals surface area contributed by atoms with Crippen LogP contribution in [0.3, 0.4) is 0 Å². The summed E-state index contributed by atoms with van der Waals surface area (Å²) in [6, 6.07) is 0.794. The molecule has 88 valence electrons. The van der Waals surface area contributed by atoms with E-state index in [-0.39, 0.29) is 0 Å². The van der Waals surface area contributed by atoms with E-state index in [1.165, 1.54) is 58.3 Å². The summed E-state index contributed by atoms with van der Waals surface area (Å²) in [7, 11) is 0. The molecule has 1 aliphatic carbocycles. The van der Waals surface area contributed by atoms with Gasteiger partial charge in [-0.25, -0.2) is 0 Å². The second-order valence-corrected chi connectivity index (χ2v) is 5.44. The van der Waals surface area contributed by atoms with Crippen molar-refractivity contribution in [1.82, 2.24) is 10.2 Å². The zero-order valence-corrected chi connectivity index (χ0v) is 10.4. The lowest BCUT2D eigenvalue weighted by Crippen LogP contribution is -2.55. The highest BCUT2D eigenvalue weighted by atomic mass is 15.2. The van der Waals surface area contributed by atoms with E-state index < -0.39 is 0 Å². The van der Waals surface area contributed by atoms with Crippen molar-refractivity contribution in [2.75, 3.05) is 26.2 Å². The standard InChI is InChI=1S/C13H26N2/c1-3-12-10-14-8-9-15(12)11-13(4-2)6-5-7-13/h12,14H,3-11H2,1-2H3. The molecule has 0 aromatic carbocycles. The number of rotatable bonds is 4. The van der Waals surface area contributed by atoms with Gasteiger partial charge in [0.25, 0.3) is 0 Å². The summed E-state index contributed by atoms with van der Waals surface area (Å²) in [6.07, 6.45) is 7.10. The lowest BCUT2D eigenvalue weighted by Gasteiger charge is -2.48. The van der Waals surface area contributed by atoms with Crippen LogP contribution in [-0.4, -0.2) is 37.1 Å². The van der Waals surface area contributed by atoms with Crippen molar-refractivity contribution in [2.24, 2.45) is 5.41 Å². The fourth-order valence-corrected chi connectivity index (χ4v) is 3.14. The molecule has 0 bridgehead atoms. The van der Waals surface area contributed by atoms with E-state index >= 15 is 0 Å². The maximum Gasteiger partial charge on any atom is 0.0218 e. The molecule has 0 spiro atoms. The second kappa shape index (κ2) is 4.84. The minimum absolute atomic E-state index is 0.699. The molecule has 15 heavy (non-hydrogen) atoms. The predicted octanol–water partition coefficient (Wildman–Crippen LogP) is 2.25. The number of piperazine rings is 1. The molecule has 0 aromatic rings. The van der Waals surface area contributed by atoms with Crippen molar-refractivity contribution >= 4 is 0 Å². The van der Waals surface area contributed by atoms with Crippen LogP contribution in [0.2, 0.25) is 0 Å². The predicted molar refractivity (Wildman–Crippen MR) is 65.1 cm³/mol. The Kier molecular flexibility index (Phi) is 3.68. The zero-order valence-electron chi connectivity index (χ0n) is 10.4. The van der Waals surface area contributed by atoms with Crippen molar-refractivity contribution < 1.29 is 0 Å². The van der Waals surface area contributed by atoms with Crippen molar-refractivity contribution in [1.29, 1.82) is 0 Å². The molecule has 0 radical (unpaired) electrons. The molecule has 2 aliphatic rings. The van der Waals surface area contributed by atoms with E-state index in [2.05, 4.69) is 24.1 Å². The molecule has 2 heteroatoms. The highest BCUT2D eigenvalue weighted by Crippen LogP contribution is 2.44. The summed E-state index contributed by atoms with van der Waals surface area (Å²) in [5.74, 6) is 0. The normalized spacial score (nSPS) is 31.2. The van der Waals surface area contributed by atoms with Crippen LogP contribution in [0, 0.1) is 5.41 Å². The minimum Gasteiger partial charge on any atom is -0.314 e. The molecule has 2 nitrogen and oxygen atoms in total. The van der Waals surface area contributed by atoms with Gasteiger partial charge in [-0.15, -0.1) is 0 Å². The van der Waals surface area contributed by atoms with Crippen LogP contribution >= 0.6 is 0 Å². The van der Waals surface area contributed by atoms with Gasteiger partial charge in [-0.2, -0.15) is 0 Å². The second-order valence-electron chi connectivity index (χ2n) is 5.44. The number of hydrogen-bond donors (Lipinski definition) is 1. The van der Waals surface area contributed by atoms with Gasteiger partial charge >= 0.3 is 0 Å².